The number of aliphatic carboxylic acids is 1. The predicted octanol–water partition coefficient (Wildman–Crippen LogP) is 5.25. The van der Waals surface area contributed by atoms with Crippen LogP contribution < -0.4 is 9.47 Å². The fourth-order valence-corrected chi connectivity index (χ4v) is 4.51. The first-order chi connectivity index (χ1) is 16.1. The molecule has 0 saturated heterocycles. The van der Waals surface area contributed by atoms with Gasteiger partial charge < -0.3 is 19.1 Å². The largest absolute Gasteiger partial charge is 0.494 e. The van der Waals surface area contributed by atoms with Crippen molar-refractivity contribution in [2.24, 2.45) is 0 Å². The molecule has 6 nitrogen and oxygen atoms in total. The van der Waals surface area contributed by atoms with Gasteiger partial charge in [-0.05, 0) is 55.2 Å². The summed E-state index contributed by atoms with van der Waals surface area (Å²) in [6.45, 7) is 0.998. The van der Waals surface area contributed by atoms with E-state index in [1.54, 1.807) is 0 Å². The molecule has 0 aliphatic heterocycles. The van der Waals surface area contributed by atoms with Crippen molar-refractivity contribution in [1.29, 1.82) is 0 Å². The number of aromatic nitrogens is 1. The van der Waals surface area contributed by atoms with Crippen LogP contribution in [0.3, 0.4) is 0 Å². The number of carboxylic acid groups (broad SMARTS) is 1. The Kier molecular flexibility index (Phi) is 5.73. The molecule has 0 unspecified atom stereocenters. The molecule has 5 rings (SSSR count). The molecule has 0 fully saturated rings. The van der Waals surface area contributed by atoms with E-state index in [0.29, 0.717) is 19.6 Å². The minimum Gasteiger partial charge on any atom is -0.494 e. The van der Waals surface area contributed by atoms with Crippen LogP contribution in [0.1, 0.15) is 35.2 Å². The number of carbonyl (C=O) groups is 2. The minimum atomic E-state index is -0.878. The molecule has 6 heteroatoms. The highest BCUT2D eigenvalue weighted by Gasteiger charge is 2.19. The molecule has 168 valence electrons. The summed E-state index contributed by atoms with van der Waals surface area (Å²) in [5, 5.41) is 11.4. The Hall–Kier alpha value is -3.80. The summed E-state index contributed by atoms with van der Waals surface area (Å²) in [6.07, 6.45) is 3.07. The second-order valence-electron chi connectivity index (χ2n) is 8.32. The van der Waals surface area contributed by atoms with Crippen molar-refractivity contribution < 1.29 is 24.2 Å². The van der Waals surface area contributed by atoms with E-state index in [1.165, 1.54) is 0 Å². The molecule has 3 aromatic carbocycles. The number of carbonyl (C=O) groups excluding carboxylic acids is 1. The summed E-state index contributed by atoms with van der Waals surface area (Å²) in [4.78, 5) is 23.3. The SMILES string of the molecule is O=C(O)Cn1c2ccccc2c2ccc(OCCCCOc3ccc4c(c3)C(=O)CC4)cc21. The van der Waals surface area contributed by atoms with Gasteiger partial charge >= 0.3 is 5.97 Å². The fourth-order valence-electron chi connectivity index (χ4n) is 4.51. The lowest BCUT2D eigenvalue weighted by Crippen LogP contribution is -2.08. The Balaban J connectivity index is 1.18. The number of nitrogens with zero attached hydrogens (tertiary/aromatic N) is 1. The number of aryl methyl sites for hydroxylation is 1. The van der Waals surface area contributed by atoms with Gasteiger partial charge in [0, 0.05) is 34.3 Å². The van der Waals surface area contributed by atoms with Gasteiger partial charge in [-0.2, -0.15) is 0 Å². The highest BCUT2D eigenvalue weighted by atomic mass is 16.5. The van der Waals surface area contributed by atoms with Crippen molar-refractivity contribution in [3.8, 4) is 11.5 Å². The van der Waals surface area contributed by atoms with E-state index in [1.807, 2.05) is 65.2 Å². The van der Waals surface area contributed by atoms with Gasteiger partial charge in [-0.25, -0.2) is 0 Å². The standard InChI is InChI=1S/C27H25NO5/c29-26-12-8-18-7-9-19(15-23(18)26)32-13-3-4-14-33-20-10-11-22-21-5-1-2-6-24(21)28(17-27(30)31)25(22)16-20/h1-2,5-7,9-11,15-16H,3-4,8,12-14,17H2,(H,30,31). The van der Waals surface area contributed by atoms with Gasteiger partial charge in [0.25, 0.3) is 0 Å². The molecule has 4 aromatic rings. The molecule has 1 N–H and O–H groups in total. The summed E-state index contributed by atoms with van der Waals surface area (Å²) in [7, 11) is 0. The van der Waals surface area contributed by atoms with Crippen LogP contribution in [0.4, 0.5) is 0 Å². The maximum atomic E-state index is 11.9. The second-order valence-corrected chi connectivity index (χ2v) is 8.32. The molecule has 0 bridgehead atoms. The van der Waals surface area contributed by atoms with Crippen LogP contribution >= 0.6 is 0 Å². The molecular formula is C27H25NO5. The van der Waals surface area contributed by atoms with Gasteiger partial charge in [0.05, 0.1) is 18.7 Å². The summed E-state index contributed by atoms with van der Waals surface area (Å²) >= 11 is 0. The van der Waals surface area contributed by atoms with Crippen molar-refractivity contribution in [2.75, 3.05) is 13.2 Å². The van der Waals surface area contributed by atoms with Gasteiger partial charge in [0.1, 0.15) is 18.0 Å². The number of ketones is 1. The van der Waals surface area contributed by atoms with Crippen molar-refractivity contribution in [1.82, 2.24) is 4.57 Å². The van der Waals surface area contributed by atoms with E-state index in [0.717, 1.165) is 63.7 Å². The summed E-state index contributed by atoms with van der Waals surface area (Å²) in [5.41, 5.74) is 3.66. The molecule has 0 amide bonds. The average Bonchev–Trinajstić information content (AvgIpc) is 3.34. The van der Waals surface area contributed by atoms with E-state index >= 15 is 0 Å². The number of ether oxygens (including phenoxy) is 2. The van der Waals surface area contributed by atoms with Gasteiger partial charge in [-0.1, -0.05) is 24.3 Å². The highest BCUT2D eigenvalue weighted by Crippen LogP contribution is 2.31. The smallest absolute Gasteiger partial charge is 0.323 e. The normalized spacial score (nSPS) is 12.9. The van der Waals surface area contributed by atoms with Gasteiger partial charge in [0.2, 0.25) is 0 Å². The molecule has 33 heavy (non-hydrogen) atoms. The number of carboxylic acids is 1. The van der Waals surface area contributed by atoms with Crippen molar-refractivity contribution in [3.05, 3.63) is 71.8 Å². The Labute approximate surface area is 191 Å². The van der Waals surface area contributed by atoms with Crippen molar-refractivity contribution in [2.45, 2.75) is 32.2 Å². The molecule has 1 aromatic heterocycles. The maximum absolute atomic E-state index is 11.9. The summed E-state index contributed by atoms with van der Waals surface area (Å²) in [6, 6.07) is 19.4. The van der Waals surface area contributed by atoms with Crippen LogP contribution in [0.5, 0.6) is 11.5 Å². The molecule has 1 aliphatic rings. The fraction of sp³-hybridized carbons (Fsp3) is 0.259. The average molecular weight is 443 g/mol. The zero-order valence-corrected chi connectivity index (χ0v) is 18.3. The van der Waals surface area contributed by atoms with E-state index in [2.05, 4.69) is 0 Å². The zero-order valence-electron chi connectivity index (χ0n) is 18.3. The number of fused-ring (bicyclic) bond motifs is 4. The van der Waals surface area contributed by atoms with Gasteiger partial charge in [-0.3, -0.25) is 9.59 Å². The first-order valence-corrected chi connectivity index (χ1v) is 11.2. The predicted molar refractivity (Wildman–Crippen MR) is 126 cm³/mol. The number of hydrogen-bond acceptors (Lipinski definition) is 4. The third-order valence-electron chi connectivity index (χ3n) is 6.12. The lowest BCUT2D eigenvalue weighted by molar-refractivity contribution is -0.137. The number of hydrogen-bond donors (Lipinski definition) is 1. The molecule has 1 aliphatic carbocycles. The van der Waals surface area contributed by atoms with Gasteiger partial charge in [0.15, 0.2) is 5.78 Å². The van der Waals surface area contributed by atoms with Crippen LogP contribution in [-0.2, 0) is 17.8 Å². The van der Waals surface area contributed by atoms with Crippen molar-refractivity contribution in [3.63, 3.8) is 0 Å². The number of unbranched alkanes of at least 4 members (excludes halogenated alkanes) is 1. The van der Waals surface area contributed by atoms with Crippen LogP contribution in [0.2, 0.25) is 0 Å². The lowest BCUT2D eigenvalue weighted by Gasteiger charge is -2.09. The Morgan fingerprint density at radius 1 is 0.848 bits per heavy atom. The molecule has 1 heterocycles. The monoisotopic (exact) mass is 443 g/mol. The third-order valence-corrected chi connectivity index (χ3v) is 6.12. The molecule has 0 spiro atoms. The van der Waals surface area contributed by atoms with Crippen molar-refractivity contribution >= 4 is 33.6 Å². The zero-order chi connectivity index (χ0) is 22.8. The number of benzene rings is 3. The first-order valence-electron chi connectivity index (χ1n) is 11.2. The Morgan fingerprint density at radius 3 is 2.33 bits per heavy atom. The Morgan fingerprint density at radius 2 is 1.55 bits per heavy atom. The van der Waals surface area contributed by atoms with E-state index < -0.39 is 5.97 Å². The molecule has 0 saturated carbocycles. The van der Waals surface area contributed by atoms with E-state index in [-0.39, 0.29) is 12.3 Å². The quantitative estimate of drug-likeness (QED) is 0.358. The summed E-state index contributed by atoms with van der Waals surface area (Å²) in [5.74, 6) is 0.775. The maximum Gasteiger partial charge on any atom is 0.323 e. The molecular weight excluding hydrogens is 418 g/mol. The third kappa shape index (κ3) is 4.29. The summed E-state index contributed by atoms with van der Waals surface area (Å²) < 4.78 is 13.6. The highest BCUT2D eigenvalue weighted by molar-refractivity contribution is 6.08. The van der Waals surface area contributed by atoms with Crippen LogP contribution in [0.15, 0.2) is 60.7 Å². The number of para-hydroxylation sites is 1. The molecule has 0 atom stereocenters. The first kappa shape index (κ1) is 21.1. The van der Waals surface area contributed by atoms with E-state index in [4.69, 9.17) is 9.47 Å². The minimum absolute atomic E-state index is 0.0981. The van der Waals surface area contributed by atoms with Crippen LogP contribution in [0, 0.1) is 0 Å². The number of Topliss-reactive ketones (excluding diaryl/α,β-unsaturated/α-hetero) is 1. The van der Waals surface area contributed by atoms with Gasteiger partial charge in [-0.15, -0.1) is 0 Å². The van der Waals surface area contributed by atoms with Crippen LogP contribution in [-0.4, -0.2) is 34.6 Å². The second kappa shape index (κ2) is 8.98. The Bertz CT molecular complexity index is 1350. The van der Waals surface area contributed by atoms with E-state index in [9.17, 15) is 14.7 Å². The molecule has 0 radical (unpaired) electrons. The lowest BCUT2D eigenvalue weighted by atomic mass is 10.1. The topological polar surface area (TPSA) is 77.8 Å². The number of rotatable bonds is 9. The van der Waals surface area contributed by atoms with Crippen LogP contribution in [0.25, 0.3) is 21.8 Å².